The molecule has 0 aliphatic rings. The molecule has 0 aliphatic heterocycles. The Morgan fingerprint density at radius 3 is 2.80 bits per heavy atom. The molecule has 0 aliphatic carbocycles. The van der Waals surface area contributed by atoms with Crippen molar-refractivity contribution in [3.8, 4) is 5.75 Å². The highest BCUT2D eigenvalue weighted by atomic mass is 35.5. The molecule has 0 bridgehead atoms. The standard InChI is InChI=1S/C10H11ClO4/c1-15-10(14)5-9(13)7-3-2-6(11)4-8(7)12/h2-4,9,12-13H,5H2,1H3/t9-/m1/s1. The Balaban J connectivity index is 2.82. The number of phenols is 1. The molecule has 0 saturated heterocycles. The molecule has 1 aromatic rings. The third-order valence-corrected chi connectivity index (χ3v) is 2.17. The van der Waals surface area contributed by atoms with Crippen molar-refractivity contribution < 1.29 is 19.7 Å². The van der Waals surface area contributed by atoms with Gasteiger partial charge >= 0.3 is 5.97 Å². The zero-order valence-corrected chi connectivity index (χ0v) is 8.86. The van der Waals surface area contributed by atoms with Crippen molar-refractivity contribution >= 4 is 17.6 Å². The van der Waals surface area contributed by atoms with Gasteiger partial charge in [-0.15, -0.1) is 0 Å². The Hall–Kier alpha value is -1.26. The number of benzene rings is 1. The van der Waals surface area contributed by atoms with Crippen LogP contribution in [0.25, 0.3) is 0 Å². The summed E-state index contributed by atoms with van der Waals surface area (Å²) in [6.07, 6.45) is -1.29. The summed E-state index contributed by atoms with van der Waals surface area (Å²) in [7, 11) is 1.23. The molecular weight excluding hydrogens is 220 g/mol. The summed E-state index contributed by atoms with van der Waals surface area (Å²) < 4.78 is 4.40. The van der Waals surface area contributed by atoms with E-state index in [0.29, 0.717) is 5.02 Å². The number of aliphatic hydroxyl groups excluding tert-OH is 1. The van der Waals surface area contributed by atoms with Crippen LogP contribution >= 0.6 is 11.6 Å². The van der Waals surface area contributed by atoms with Crippen LogP contribution in [0.5, 0.6) is 5.75 Å². The van der Waals surface area contributed by atoms with E-state index in [9.17, 15) is 15.0 Å². The number of rotatable bonds is 3. The molecule has 1 atom stereocenters. The number of ether oxygens (including phenoxy) is 1. The van der Waals surface area contributed by atoms with Crippen molar-refractivity contribution in [2.45, 2.75) is 12.5 Å². The van der Waals surface area contributed by atoms with Crippen molar-refractivity contribution in [3.05, 3.63) is 28.8 Å². The van der Waals surface area contributed by atoms with E-state index in [4.69, 9.17) is 11.6 Å². The third kappa shape index (κ3) is 3.11. The van der Waals surface area contributed by atoms with Crippen LogP contribution in [0, 0.1) is 0 Å². The molecule has 4 nitrogen and oxygen atoms in total. The molecule has 0 radical (unpaired) electrons. The minimum atomic E-state index is -1.09. The Kier molecular flexibility index (Phi) is 3.94. The molecule has 82 valence electrons. The molecule has 2 N–H and O–H groups in total. The van der Waals surface area contributed by atoms with Crippen LogP contribution in [-0.4, -0.2) is 23.3 Å². The second kappa shape index (κ2) is 5.00. The van der Waals surface area contributed by atoms with Gasteiger partial charge in [-0.3, -0.25) is 4.79 Å². The summed E-state index contributed by atoms with van der Waals surface area (Å²) in [5, 5.41) is 19.4. The van der Waals surface area contributed by atoms with Gasteiger partial charge in [-0.05, 0) is 12.1 Å². The highest BCUT2D eigenvalue weighted by molar-refractivity contribution is 6.30. The van der Waals surface area contributed by atoms with Gasteiger partial charge in [-0.25, -0.2) is 0 Å². The SMILES string of the molecule is COC(=O)C[C@@H](O)c1ccc(Cl)cc1O. The Morgan fingerprint density at radius 1 is 1.60 bits per heavy atom. The fourth-order valence-corrected chi connectivity index (χ4v) is 1.32. The zero-order chi connectivity index (χ0) is 11.4. The molecular formula is C10H11ClO4. The van der Waals surface area contributed by atoms with Crippen LogP contribution in [0.3, 0.4) is 0 Å². The van der Waals surface area contributed by atoms with E-state index in [1.54, 1.807) is 0 Å². The highest BCUT2D eigenvalue weighted by Crippen LogP contribution is 2.29. The fourth-order valence-electron chi connectivity index (χ4n) is 1.15. The summed E-state index contributed by atoms with van der Waals surface area (Å²) in [6, 6.07) is 4.29. The van der Waals surface area contributed by atoms with E-state index < -0.39 is 12.1 Å². The highest BCUT2D eigenvalue weighted by Gasteiger charge is 2.16. The second-order valence-corrected chi connectivity index (χ2v) is 3.44. The smallest absolute Gasteiger partial charge is 0.308 e. The maximum Gasteiger partial charge on any atom is 0.308 e. The summed E-state index contributed by atoms with van der Waals surface area (Å²) >= 11 is 5.62. The van der Waals surface area contributed by atoms with E-state index in [-0.39, 0.29) is 17.7 Å². The number of carbonyl (C=O) groups is 1. The van der Waals surface area contributed by atoms with Crippen molar-refractivity contribution in [1.82, 2.24) is 0 Å². The molecule has 0 saturated carbocycles. The van der Waals surface area contributed by atoms with Gasteiger partial charge in [-0.1, -0.05) is 17.7 Å². The van der Waals surface area contributed by atoms with E-state index >= 15 is 0 Å². The summed E-state index contributed by atoms with van der Waals surface area (Å²) in [6.45, 7) is 0. The number of hydrogen-bond donors (Lipinski definition) is 2. The molecule has 0 amide bonds. The maximum atomic E-state index is 10.9. The van der Waals surface area contributed by atoms with E-state index in [1.165, 1.54) is 25.3 Å². The first kappa shape index (κ1) is 11.8. The van der Waals surface area contributed by atoms with Crippen LogP contribution in [0.15, 0.2) is 18.2 Å². The van der Waals surface area contributed by atoms with Crippen LogP contribution in [-0.2, 0) is 9.53 Å². The topological polar surface area (TPSA) is 66.8 Å². The number of hydrogen-bond acceptors (Lipinski definition) is 4. The number of methoxy groups -OCH3 is 1. The second-order valence-electron chi connectivity index (χ2n) is 3.00. The van der Waals surface area contributed by atoms with Crippen molar-refractivity contribution in [2.75, 3.05) is 7.11 Å². The van der Waals surface area contributed by atoms with E-state index in [1.807, 2.05) is 0 Å². The van der Waals surface area contributed by atoms with Crippen molar-refractivity contribution in [1.29, 1.82) is 0 Å². The monoisotopic (exact) mass is 230 g/mol. The summed E-state index contributed by atoms with van der Waals surface area (Å²) in [5.74, 6) is -0.684. The number of carbonyl (C=O) groups excluding carboxylic acids is 1. The van der Waals surface area contributed by atoms with Gasteiger partial charge in [0.05, 0.1) is 19.6 Å². The van der Waals surface area contributed by atoms with Crippen LogP contribution in [0.1, 0.15) is 18.1 Å². The molecule has 15 heavy (non-hydrogen) atoms. The van der Waals surface area contributed by atoms with Gasteiger partial charge in [0.2, 0.25) is 0 Å². The van der Waals surface area contributed by atoms with E-state index in [0.717, 1.165) is 0 Å². The van der Waals surface area contributed by atoms with Crippen molar-refractivity contribution in [3.63, 3.8) is 0 Å². The minimum Gasteiger partial charge on any atom is -0.508 e. The van der Waals surface area contributed by atoms with Gasteiger partial charge in [0.15, 0.2) is 0 Å². The summed E-state index contributed by atoms with van der Waals surface area (Å²) in [4.78, 5) is 10.9. The third-order valence-electron chi connectivity index (χ3n) is 1.94. The van der Waals surface area contributed by atoms with Gasteiger partial charge in [0.1, 0.15) is 5.75 Å². The van der Waals surface area contributed by atoms with Crippen LogP contribution < -0.4 is 0 Å². The summed E-state index contributed by atoms with van der Waals surface area (Å²) in [5.41, 5.74) is 0.254. The normalized spacial score (nSPS) is 12.2. The number of aliphatic hydroxyl groups is 1. The lowest BCUT2D eigenvalue weighted by Crippen LogP contribution is -2.08. The Morgan fingerprint density at radius 2 is 2.27 bits per heavy atom. The largest absolute Gasteiger partial charge is 0.508 e. The van der Waals surface area contributed by atoms with Gasteiger partial charge in [-0.2, -0.15) is 0 Å². The van der Waals surface area contributed by atoms with Crippen molar-refractivity contribution in [2.24, 2.45) is 0 Å². The quantitative estimate of drug-likeness (QED) is 0.775. The first-order chi connectivity index (χ1) is 7.04. The van der Waals surface area contributed by atoms with Gasteiger partial charge in [0, 0.05) is 10.6 Å². The predicted molar refractivity (Wildman–Crippen MR) is 54.7 cm³/mol. The van der Waals surface area contributed by atoms with Gasteiger partial charge < -0.3 is 14.9 Å². The van der Waals surface area contributed by atoms with Gasteiger partial charge in [0.25, 0.3) is 0 Å². The first-order valence-corrected chi connectivity index (χ1v) is 4.65. The Bertz CT molecular complexity index is 364. The molecule has 0 unspecified atom stereocenters. The molecule has 5 heteroatoms. The lowest BCUT2D eigenvalue weighted by Gasteiger charge is -2.11. The molecule has 0 aromatic heterocycles. The predicted octanol–water partition coefficient (Wildman–Crippen LogP) is 1.64. The zero-order valence-electron chi connectivity index (χ0n) is 8.11. The molecule has 0 spiro atoms. The number of phenolic OH excluding ortho intramolecular Hbond substituents is 1. The number of esters is 1. The lowest BCUT2D eigenvalue weighted by molar-refractivity contribution is -0.142. The molecule has 0 fully saturated rings. The fraction of sp³-hybridized carbons (Fsp3) is 0.300. The molecule has 1 aromatic carbocycles. The first-order valence-electron chi connectivity index (χ1n) is 4.28. The number of aromatic hydroxyl groups is 1. The van der Waals surface area contributed by atoms with E-state index in [2.05, 4.69) is 4.74 Å². The molecule has 0 heterocycles. The number of halogens is 1. The average molecular weight is 231 g/mol. The maximum absolute atomic E-state index is 10.9. The minimum absolute atomic E-state index is 0.140. The average Bonchev–Trinajstić information content (AvgIpc) is 2.17. The lowest BCUT2D eigenvalue weighted by atomic mass is 10.1. The molecule has 1 rings (SSSR count). The van der Waals surface area contributed by atoms with Crippen LogP contribution in [0.4, 0.5) is 0 Å². The van der Waals surface area contributed by atoms with Crippen LogP contribution in [0.2, 0.25) is 5.02 Å². The Labute approximate surface area is 92.1 Å².